The van der Waals surface area contributed by atoms with Gasteiger partial charge in [0.25, 0.3) is 11.8 Å². The molecule has 0 fully saturated rings. The minimum atomic E-state index is -1.39. The molecule has 8 heteroatoms. The second-order valence-corrected chi connectivity index (χ2v) is 8.40. The van der Waals surface area contributed by atoms with E-state index in [-0.39, 0.29) is 17.7 Å². The molecule has 1 amide bonds. The average Bonchev–Trinajstić information content (AvgIpc) is 3.51. The largest absolute Gasteiger partial charge is 0.418 e. The second-order valence-electron chi connectivity index (χ2n) is 8.40. The summed E-state index contributed by atoms with van der Waals surface area (Å²) in [5.41, 5.74) is 3.62. The predicted molar refractivity (Wildman–Crippen MR) is 124 cm³/mol. The summed E-state index contributed by atoms with van der Waals surface area (Å²) in [5, 5.41) is 28.2. The number of nitriles is 1. The Morgan fingerprint density at radius 3 is 2.46 bits per heavy atom. The van der Waals surface area contributed by atoms with Gasteiger partial charge in [-0.05, 0) is 47.9 Å². The van der Waals surface area contributed by atoms with Crippen LogP contribution in [0.15, 0.2) is 77.2 Å². The Labute approximate surface area is 201 Å². The van der Waals surface area contributed by atoms with Crippen molar-refractivity contribution in [2.45, 2.75) is 31.8 Å². The number of alkyl halides is 1. The number of rotatable bonds is 6. The second kappa shape index (κ2) is 9.12. The molecule has 0 radical (unpaired) electrons. The van der Waals surface area contributed by atoms with Crippen LogP contribution in [0.3, 0.4) is 0 Å². The van der Waals surface area contributed by atoms with E-state index in [1.165, 1.54) is 6.92 Å². The molecule has 35 heavy (non-hydrogen) atoms. The van der Waals surface area contributed by atoms with E-state index in [2.05, 4.69) is 16.3 Å². The molecule has 174 valence electrons. The third-order valence-electron chi connectivity index (χ3n) is 6.13. The van der Waals surface area contributed by atoms with Crippen LogP contribution in [-0.2, 0) is 6.54 Å². The minimum Gasteiger partial charge on any atom is -0.418 e. The maximum absolute atomic E-state index is 13.6. The van der Waals surface area contributed by atoms with Gasteiger partial charge in [0.2, 0.25) is 5.89 Å². The number of nitrogens with zero attached hydrogens (tertiary/aromatic N) is 4. The first kappa shape index (κ1) is 22.4. The summed E-state index contributed by atoms with van der Waals surface area (Å²) >= 11 is 0. The molecule has 5 rings (SSSR count). The van der Waals surface area contributed by atoms with Crippen LogP contribution in [0.2, 0.25) is 0 Å². The van der Waals surface area contributed by atoms with Crippen LogP contribution in [-0.4, -0.2) is 26.1 Å². The summed E-state index contributed by atoms with van der Waals surface area (Å²) in [6.07, 6.45) is -2.39. The lowest BCUT2D eigenvalue weighted by molar-refractivity contribution is 0.0360. The summed E-state index contributed by atoms with van der Waals surface area (Å²) in [4.78, 5) is 15.2. The molecule has 1 aromatic heterocycles. The molecule has 0 saturated heterocycles. The van der Waals surface area contributed by atoms with Gasteiger partial charge in [-0.3, -0.25) is 4.79 Å². The van der Waals surface area contributed by atoms with E-state index in [1.807, 2.05) is 30.3 Å². The summed E-state index contributed by atoms with van der Waals surface area (Å²) in [6, 6.07) is 22.6. The van der Waals surface area contributed by atoms with Gasteiger partial charge < -0.3 is 14.4 Å². The minimum absolute atomic E-state index is 0.125. The number of hydrogen-bond acceptors (Lipinski definition) is 6. The molecule has 1 aliphatic heterocycles. The van der Waals surface area contributed by atoms with E-state index < -0.39 is 18.3 Å². The zero-order valence-corrected chi connectivity index (χ0v) is 18.8. The zero-order chi connectivity index (χ0) is 24.5. The molecule has 3 aromatic carbocycles. The fourth-order valence-corrected chi connectivity index (χ4v) is 4.31. The number of aliphatic hydroxyl groups is 1. The third-order valence-corrected chi connectivity index (χ3v) is 6.13. The number of fused-ring (bicyclic) bond motifs is 1. The highest BCUT2D eigenvalue weighted by molar-refractivity contribution is 5.99. The Hall–Kier alpha value is -4.35. The fraction of sp³-hybridized carbons (Fsp3) is 0.185. The van der Waals surface area contributed by atoms with Crippen molar-refractivity contribution in [3.05, 3.63) is 107 Å². The molecule has 0 bridgehead atoms. The number of halogens is 1. The number of carbonyl (C=O) groups excluding carboxylic acids is 1. The molecule has 7 nitrogen and oxygen atoms in total. The summed E-state index contributed by atoms with van der Waals surface area (Å²) in [7, 11) is 0. The maximum Gasteiger partial charge on any atom is 0.255 e. The molecular formula is C27H21FN4O3. The first-order valence-corrected chi connectivity index (χ1v) is 11.1. The van der Waals surface area contributed by atoms with Crippen LogP contribution in [0.25, 0.3) is 11.5 Å². The number of aromatic nitrogens is 2. The lowest BCUT2D eigenvalue weighted by Crippen LogP contribution is -2.33. The zero-order valence-electron chi connectivity index (χ0n) is 18.8. The van der Waals surface area contributed by atoms with Gasteiger partial charge in [0.1, 0.15) is 6.10 Å². The molecule has 2 heterocycles. The van der Waals surface area contributed by atoms with Crippen molar-refractivity contribution in [2.75, 3.05) is 0 Å². The fourth-order valence-electron chi connectivity index (χ4n) is 4.31. The van der Waals surface area contributed by atoms with Gasteiger partial charge in [0.15, 0.2) is 6.17 Å². The summed E-state index contributed by atoms with van der Waals surface area (Å²) < 4.78 is 18.9. The van der Waals surface area contributed by atoms with Gasteiger partial charge in [-0.15, -0.1) is 10.2 Å². The van der Waals surface area contributed by atoms with Gasteiger partial charge in [0, 0.05) is 17.7 Å². The maximum atomic E-state index is 13.6. The highest BCUT2D eigenvalue weighted by Crippen LogP contribution is 2.40. The standard InChI is InChI=1S/C27H21FN4O3/c1-16(28)25-30-31-26(35-25)20-11-12-21-15-32(27(34)22(21)13-20)23(18-9-7-17(14-29)8-10-18)24(33)19-5-3-2-4-6-19/h2-13,16,23-24,33H,15H2,1H3/t16?,23-,24?/m1/s1. The van der Waals surface area contributed by atoms with Crippen molar-refractivity contribution in [2.24, 2.45) is 0 Å². The Bertz CT molecular complexity index is 1410. The Morgan fingerprint density at radius 2 is 1.80 bits per heavy atom. The smallest absolute Gasteiger partial charge is 0.255 e. The van der Waals surface area contributed by atoms with Crippen molar-refractivity contribution in [3.8, 4) is 17.5 Å². The van der Waals surface area contributed by atoms with E-state index in [1.54, 1.807) is 47.4 Å². The number of amides is 1. The predicted octanol–water partition coefficient (Wildman–Crippen LogP) is 5.07. The summed E-state index contributed by atoms with van der Waals surface area (Å²) in [6.45, 7) is 1.60. The van der Waals surface area contributed by atoms with Gasteiger partial charge in [-0.25, -0.2) is 4.39 Å². The Kier molecular flexibility index (Phi) is 5.85. The first-order valence-electron chi connectivity index (χ1n) is 11.1. The lowest BCUT2D eigenvalue weighted by Gasteiger charge is -2.32. The van der Waals surface area contributed by atoms with Crippen LogP contribution >= 0.6 is 0 Å². The molecular weight excluding hydrogens is 447 g/mol. The molecule has 4 aromatic rings. The van der Waals surface area contributed by atoms with E-state index in [4.69, 9.17) is 4.42 Å². The SMILES string of the molecule is CC(F)c1nnc(-c2ccc3c(c2)C(=O)N([C@H](c2ccc(C#N)cc2)C(O)c2ccccc2)C3)o1. The van der Waals surface area contributed by atoms with Gasteiger partial charge in [-0.2, -0.15) is 5.26 Å². The average molecular weight is 468 g/mol. The van der Waals surface area contributed by atoms with Crippen LogP contribution in [0, 0.1) is 11.3 Å². The summed E-state index contributed by atoms with van der Waals surface area (Å²) in [5.74, 6) is -0.253. The first-order chi connectivity index (χ1) is 17.0. The molecule has 3 atom stereocenters. The monoisotopic (exact) mass is 468 g/mol. The van der Waals surface area contributed by atoms with Crippen LogP contribution in [0.1, 0.15) is 63.7 Å². The van der Waals surface area contributed by atoms with Gasteiger partial charge >= 0.3 is 0 Å². The topological polar surface area (TPSA) is 103 Å². The van der Waals surface area contributed by atoms with Crippen molar-refractivity contribution in [1.82, 2.24) is 15.1 Å². The molecule has 2 unspecified atom stereocenters. The number of benzene rings is 3. The number of aliphatic hydroxyl groups excluding tert-OH is 1. The molecule has 0 saturated carbocycles. The molecule has 1 N–H and O–H groups in total. The quantitative estimate of drug-likeness (QED) is 0.424. The van der Waals surface area contributed by atoms with Crippen LogP contribution in [0.5, 0.6) is 0 Å². The lowest BCUT2D eigenvalue weighted by atomic mass is 9.94. The van der Waals surface area contributed by atoms with E-state index in [0.29, 0.717) is 34.4 Å². The third kappa shape index (κ3) is 4.18. The van der Waals surface area contributed by atoms with E-state index >= 15 is 0 Å². The van der Waals surface area contributed by atoms with Crippen molar-refractivity contribution < 1.29 is 18.7 Å². The molecule has 0 aliphatic carbocycles. The van der Waals surface area contributed by atoms with Crippen molar-refractivity contribution >= 4 is 5.91 Å². The van der Waals surface area contributed by atoms with Gasteiger partial charge in [-0.1, -0.05) is 48.5 Å². The highest BCUT2D eigenvalue weighted by Gasteiger charge is 2.38. The Morgan fingerprint density at radius 1 is 1.06 bits per heavy atom. The van der Waals surface area contributed by atoms with E-state index in [9.17, 15) is 19.6 Å². The van der Waals surface area contributed by atoms with Crippen molar-refractivity contribution in [3.63, 3.8) is 0 Å². The van der Waals surface area contributed by atoms with Gasteiger partial charge in [0.05, 0.1) is 17.7 Å². The highest BCUT2D eigenvalue weighted by atomic mass is 19.1. The Balaban J connectivity index is 1.52. The van der Waals surface area contributed by atoms with Crippen LogP contribution < -0.4 is 0 Å². The number of carbonyl (C=O) groups is 1. The molecule has 0 spiro atoms. The van der Waals surface area contributed by atoms with Crippen molar-refractivity contribution in [1.29, 1.82) is 5.26 Å². The number of hydrogen-bond donors (Lipinski definition) is 1. The molecule has 1 aliphatic rings. The van der Waals surface area contributed by atoms with Crippen LogP contribution in [0.4, 0.5) is 4.39 Å². The normalized spacial score (nSPS) is 15.4. The van der Waals surface area contributed by atoms with E-state index in [0.717, 1.165) is 5.56 Å².